The average Bonchev–Trinajstić information content (AvgIpc) is 1.99. The zero-order chi connectivity index (χ0) is 11.8. The highest BCUT2D eigenvalue weighted by Crippen LogP contribution is 2.38. The van der Waals surface area contributed by atoms with Crippen molar-refractivity contribution in [1.29, 1.82) is 0 Å². The van der Waals surface area contributed by atoms with Crippen molar-refractivity contribution in [2.75, 3.05) is 7.05 Å². The van der Waals surface area contributed by atoms with Crippen LogP contribution >= 0.6 is 0 Å². The summed E-state index contributed by atoms with van der Waals surface area (Å²) in [6, 6.07) is 0.448. The van der Waals surface area contributed by atoms with Gasteiger partial charge in [-0.1, -0.05) is 13.8 Å². The summed E-state index contributed by atoms with van der Waals surface area (Å²) in [4.78, 5) is 13.1. The van der Waals surface area contributed by atoms with Gasteiger partial charge in [-0.05, 0) is 45.6 Å². The van der Waals surface area contributed by atoms with Crippen LogP contribution in [0.2, 0.25) is 0 Å². The van der Waals surface area contributed by atoms with E-state index in [1.54, 1.807) is 13.8 Å². The predicted octanol–water partition coefficient (Wildman–Crippen LogP) is 2.22. The second kappa shape index (κ2) is 4.12. The van der Waals surface area contributed by atoms with Crippen LogP contribution in [0.3, 0.4) is 0 Å². The maximum Gasteiger partial charge on any atom is 0.323 e. The summed E-state index contributed by atoms with van der Waals surface area (Å²) in [6.07, 6.45) is 2.29. The number of aliphatic carboxylic acids is 1. The summed E-state index contributed by atoms with van der Waals surface area (Å²) >= 11 is 0. The number of likely N-dealkylation sites (N-methyl/N-ethyl adjacent to an activating group) is 1. The minimum Gasteiger partial charge on any atom is -0.480 e. The SMILES string of the molecule is CC(C)C1CC(N(C)C(C)(C)C(=O)O)C1. The molecule has 0 aromatic rings. The van der Waals surface area contributed by atoms with E-state index in [-0.39, 0.29) is 0 Å². The Bertz CT molecular complexity index is 242. The van der Waals surface area contributed by atoms with E-state index in [4.69, 9.17) is 5.11 Å². The number of rotatable bonds is 4. The third kappa shape index (κ3) is 2.33. The molecule has 1 rings (SSSR count). The van der Waals surface area contributed by atoms with Gasteiger partial charge in [-0.25, -0.2) is 0 Å². The number of carbonyl (C=O) groups is 1. The summed E-state index contributed by atoms with van der Waals surface area (Å²) in [5, 5.41) is 9.11. The first-order valence-corrected chi connectivity index (χ1v) is 5.73. The molecule has 15 heavy (non-hydrogen) atoms. The van der Waals surface area contributed by atoms with Gasteiger partial charge in [-0.3, -0.25) is 9.69 Å². The van der Waals surface area contributed by atoms with Crippen LogP contribution in [0.1, 0.15) is 40.5 Å². The van der Waals surface area contributed by atoms with Gasteiger partial charge in [0.1, 0.15) is 5.54 Å². The molecule has 0 unspecified atom stereocenters. The van der Waals surface area contributed by atoms with E-state index in [0.29, 0.717) is 6.04 Å². The molecule has 1 aliphatic rings. The Hall–Kier alpha value is -0.570. The van der Waals surface area contributed by atoms with Crippen molar-refractivity contribution in [3.63, 3.8) is 0 Å². The molecule has 0 radical (unpaired) electrons. The van der Waals surface area contributed by atoms with Crippen molar-refractivity contribution in [3.05, 3.63) is 0 Å². The number of carboxylic acid groups (broad SMARTS) is 1. The van der Waals surface area contributed by atoms with Crippen molar-refractivity contribution in [2.24, 2.45) is 11.8 Å². The molecule has 1 N–H and O–H groups in total. The van der Waals surface area contributed by atoms with E-state index in [1.807, 2.05) is 11.9 Å². The smallest absolute Gasteiger partial charge is 0.323 e. The maximum absolute atomic E-state index is 11.1. The van der Waals surface area contributed by atoms with E-state index in [2.05, 4.69) is 13.8 Å². The highest BCUT2D eigenvalue weighted by atomic mass is 16.4. The Balaban J connectivity index is 2.51. The third-order valence-corrected chi connectivity index (χ3v) is 4.05. The zero-order valence-electron chi connectivity index (χ0n) is 10.4. The molecule has 0 bridgehead atoms. The second-order valence-electron chi connectivity index (χ2n) is 5.60. The number of hydrogen-bond donors (Lipinski definition) is 1. The first-order valence-electron chi connectivity index (χ1n) is 5.73. The molecule has 0 saturated heterocycles. The van der Waals surface area contributed by atoms with Gasteiger partial charge in [0, 0.05) is 6.04 Å². The molecule has 0 aromatic carbocycles. The highest BCUT2D eigenvalue weighted by Gasteiger charge is 2.42. The van der Waals surface area contributed by atoms with Gasteiger partial charge in [-0.2, -0.15) is 0 Å². The lowest BCUT2D eigenvalue weighted by Crippen LogP contribution is -2.56. The highest BCUT2D eigenvalue weighted by molar-refractivity contribution is 5.77. The van der Waals surface area contributed by atoms with E-state index < -0.39 is 11.5 Å². The van der Waals surface area contributed by atoms with Gasteiger partial charge < -0.3 is 5.11 Å². The van der Waals surface area contributed by atoms with E-state index in [0.717, 1.165) is 24.7 Å². The van der Waals surface area contributed by atoms with Crippen LogP contribution in [0, 0.1) is 11.8 Å². The van der Waals surface area contributed by atoms with Gasteiger partial charge in [-0.15, -0.1) is 0 Å². The van der Waals surface area contributed by atoms with Gasteiger partial charge in [0.25, 0.3) is 0 Å². The molecule has 0 heterocycles. The summed E-state index contributed by atoms with van der Waals surface area (Å²) in [6.45, 7) is 8.03. The quantitative estimate of drug-likeness (QED) is 0.778. The minimum absolute atomic E-state index is 0.448. The lowest BCUT2D eigenvalue weighted by atomic mass is 9.72. The van der Waals surface area contributed by atoms with Crippen molar-refractivity contribution in [2.45, 2.75) is 52.1 Å². The Labute approximate surface area is 92.5 Å². The Morgan fingerprint density at radius 2 is 1.87 bits per heavy atom. The van der Waals surface area contributed by atoms with Crippen LogP contribution in [0.5, 0.6) is 0 Å². The fourth-order valence-corrected chi connectivity index (χ4v) is 2.10. The first kappa shape index (κ1) is 12.5. The first-order chi connectivity index (χ1) is 6.76. The lowest BCUT2D eigenvalue weighted by molar-refractivity contribution is -0.152. The van der Waals surface area contributed by atoms with Crippen LogP contribution in [-0.2, 0) is 4.79 Å². The largest absolute Gasteiger partial charge is 0.480 e. The summed E-state index contributed by atoms with van der Waals surface area (Å²) in [5.41, 5.74) is -0.743. The maximum atomic E-state index is 11.1. The molecule has 1 saturated carbocycles. The zero-order valence-corrected chi connectivity index (χ0v) is 10.4. The fraction of sp³-hybridized carbons (Fsp3) is 0.917. The fourth-order valence-electron chi connectivity index (χ4n) is 2.10. The molecule has 0 aliphatic heterocycles. The molecular formula is C12H23NO2. The van der Waals surface area contributed by atoms with E-state index >= 15 is 0 Å². The van der Waals surface area contributed by atoms with Crippen LogP contribution in [0.25, 0.3) is 0 Å². The second-order valence-corrected chi connectivity index (χ2v) is 5.60. The number of nitrogens with zero attached hydrogens (tertiary/aromatic N) is 1. The molecule has 88 valence electrons. The molecule has 3 heteroatoms. The van der Waals surface area contributed by atoms with Crippen molar-refractivity contribution in [3.8, 4) is 0 Å². The van der Waals surface area contributed by atoms with Crippen LogP contribution in [0.4, 0.5) is 0 Å². The molecule has 0 amide bonds. The number of carboxylic acids is 1. The standard InChI is InChI=1S/C12H23NO2/c1-8(2)9-6-10(7-9)13(5)12(3,4)11(14)15/h8-10H,6-7H2,1-5H3,(H,14,15). The topological polar surface area (TPSA) is 40.5 Å². The molecule has 0 aromatic heterocycles. The van der Waals surface area contributed by atoms with Gasteiger partial charge >= 0.3 is 5.97 Å². The van der Waals surface area contributed by atoms with Crippen LogP contribution in [-0.4, -0.2) is 34.6 Å². The summed E-state index contributed by atoms with van der Waals surface area (Å²) in [7, 11) is 1.93. The minimum atomic E-state index is -0.743. The van der Waals surface area contributed by atoms with Crippen molar-refractivity contribution in [1.82, 2.24) is 4.90 Å². The molecule has 1 fully saturated rings. The van der Waals surface area contributed by atoms with Gasteiger partial charge in [0.15, 0.2) is 0 Å². The molecule has 0 atom stereocenters. The van der Waals surface area contributed by atoms with Gasteiger partial charge in [0.05, 0.1) is 0 Å². The van der Waals surface area contributed by atoms with Crippen molar-refractivity contribution < 1.29 is 9.90 Å². The number of hydrogen-bond acceptors (Lipinski definition) is 2. The predicted molar refractivity (Wildman–Crippen MR) is 60.8 cm³/mol. The third-order valence-electron chi connectivity index (χ3n) is 4.05. The monoisotopic (exact) mass is 213 g/mol. The van der Waals surface area contributed by atoms with Crippen LogP contribution < -0.4 is 0 Å². The summed E-state index contributed by atoms with van der Waals surface area (Å²) in [5.74, 6) is 0.766. The normalized spacial score (nSPS) is 26.9. The van der Waals surface area contributed by atoms with Crippen molar-refractivity contribution >= 4 is 5.97 Å². The molecule has 0 spiro atoms. The Morgan fingerprint density at radius 3 is 2.20 bits per heavy atom. The molecule has 3 nitrogen and oxygen atoms in total. The summed E-state index contributed by atoms with van der Waals surface area (Å²) < 4.78 is 0. The van der Waals surface area contributed by atoms with Crippen LogP contribution in [0.15, 0.2) is 0 Å². The van der Waals surface area contributed by atoms with E-state index in [1.165, 1.54) is 0 Å². The van der Waals surface area contributed by atoms with E-state index in [9.17, 15) is 4.79 Å². The lowest BCUT2D eigenvalue weighted by Gasteiger charge is -2.47. The molecule has 1 aliphatic carbocycles. The van der Waals surface area contributed by atoms with Gasteiger partial charge in [0.2, 0.25) is 0 Å². The average molecular weight is 213 g/mol. The Kier molecular flexibility index (Phi) is 3.44. The Morgan fingerprint density at radius 1 is 1.40 bits per heavy atom. The molecular weight excluding hydrogens is 190 g/mol.